The maximum atomic E-state index is 5.65. The number of nitrogens with one attached hydrogen (secondary N) is 2. The van der Waals surface area contributed by atoms with Crippen molar-refractivity contribution >= 4 is 23.0 Å². The molecule has 3 rings (SSSR count). The van der Waals surface area contributed by atoms with E-state index in [1.807, 2.05) is 43.3 Å². The molecule has 122 valence electrons. The van der Waals surface area contributed by atoms with E-state index in [1.165, 1.54) is 12.8 Å². The zero-order chi connectivity index (χ0) is 16.1. The maximum Gasteiger partial charge on any atom is 0.171 e. The van der Waals surface area contributed by atoms with Crippen LogP contribution in [0.25, 0.3) is 0 Å². The second-order valence-electron chi connectivity index (χ2n) is 5.81. The van der Waals surface area contributed by atoms with Gasteiger partial charge in [0.05, 0.1) is 18.4 Å². The average molecular weight is 330 g/mol. The van der Waals surface area contributed by atoms with Crippen LogP contribution in [0.5, 0.6) is 5.75 Å². The van der Waals surface area contributed by atoms with Crippen LogP contribution in [0.4, 0.5) is 5.69 Å². The minimum atomic E-state index is -0.189. The summed E-state index contributed by atoms with van der Waals surface area (Å²) < 4.78 is 11.2. The summed E-state index contributed by atoms with van der Waals surface area (Å²) >= 11 is 5.52. The molecule has 0 atom stereocenters. The van der Waals surface area contributed by atoms with Crippen LogP contribution in [-0.4, -0.2) is 11.7 Å². The Morgan fingerprint density at radius 2 is 2.09 bits per heavy atom. The molecule has 1 saturated carbocycles. The Hall–Kier alpha value is -2.01. The van der Waals surface area contributed by atoms with Gasteiger partial charge in [0.15, 0.2) is 5.11 Å². The molecule has 1 aliphatic carbocycles. The van der Waals surface area contributed by atoms with E-state index in [2.05, 4.69) is 10.6 Å². The van der Waals surface area contributed by atoms with Crippen LogP contribution in [-0.2, 0) is 5.54 Å². The van der Waals surface area contributed by atoms with Crippen molar-refractivity contribution in [2.75, 3.05) is 11.9 Å². The number of thiocarbonyl (C=S) groups is 1. The number of hydrogen-bond donors (Lipinski definition) is 2. The highest BCUT2D eigenvalue weighted by molar-refractivity contribution is 7.80. The summed E-state index contributed by atoms with van der Waals surface area (Å²) in [6.07, 6.45) is 6.13. The number of anilines is 1. The molecule has 0 unspecified atom stereocenters. The van der Waals surface area contributed by atoms with Gasteiger partial charge in [-0.3, -0.25) is 0 Å². The molecule has 1 heterocycles. The lowest BCUT2D eigenvalue weighted by atomic mass is 9.94. The highest BCUT2D eigenvalue weighted by Gasteiger charge is 2.38. The summed E-state index contributed by atoms with van der Waals surface area (Å²) in [7, 11) is 0. The van der Waals surface area contributed by atoms with Crippen molar-refractivity contribution in [3.05, 3.63) is 48.4 Å². The van der Waals surface area contributed by atoms with E-state index in [0.717, 1.165) is 30.0 Å². The Morgan fingerprint density at radius 3 is 2.78 bits per heavy atom. The second-order valence-corrected chi connectivity index (χ2v) is 6.21. The lowest BCUT2D eigenvalue weighted by molar-refractivity contribution is 0.317. The number of rotatable bonds is 5. The zero-order valence-corrected chi connectivity index (χ0v) is 14.1. The smallest absolute Gasteiger partial charge is 0.171 e. The summed E-state index contributed by atoms with van der Waals surface area (Å²) in [4.78, 5) is 0. The first kappa shape index (κ1) is 15.9. The van der Waals surface area contributed by atoms with Gasteiger partial charge in [-0.25, -0.2) is 0 Å². The first-order valence-electron chi connectivity index (χ1n) is 8.08. The van der Waals surface area contributed by atoms with E-state index < -0.39 is 0 Å². The fourth-order valence-electron chi connectivity index (χ4n) is 3.17. The fourth-order valence-corrected chi connectivity index (χ4v) is 3.49. The van der Waals surface area contributed by atoms with Crippen molar-refractivity contribution in [3.63, 3.8) is 0 Å². The summed E-state index contributed by atoms with van der Waals surface area (Å²) in [5, 5.41) is 7.34. The van der Waals surface area contributed by atoms with Crippen LogP contribution in [0.3, 0.4) is 0 Å². The average Bonchev–Trinajstić information content (AvgIpc) is 3.19. The van der Waals surface area contributed by atoms with Crippen molar-refractivity contribution in [2.45, 2.75) is 38.1 Å². The van der Waals surface area contributed by atoms with Crippen LogP contribution in [0.15, 0.2) is 47.1 Å². The lowest BCUT2D eigenvalue weighted by Crippen LogP contribution is -2.45. The van der Waals surface area contributed by atoms with Crippen LogP contribution in [0.1, 0.15) is 38.4 Å². The molecule has 1 aromatic heterocycles. The quantitative estimate of drug-likeness (QED) is 0.794. The summed E-state index contributed by atoms with van der Waals surface area (Å²) in [6.45, 7) is 2.62. The van der Waals surface area contributed by atoms with Gasteiger partial charge in [0, 0.05) is 11.8 Å². The molecule has 0 spiro atoms. The molecular formula is C18H22N2O2S. The minimum absolute atomic E-state index is 0.189. The van der Waals surface area contributed by atoms with Crippen LogP contribution in [0, 0.1) is 0 Å². The Kier molecular flexibility index (Phi) is 4.86. The van der Waals surface area contributed by atoms with E-state index in [4.69, 9.17) is 21.4 Å². The van der Waals surface area contributed by atoms with Crippen molar-refractivity contribution in [1.29, 1.82) is 0 Å². The topological polar surface area (TPSA) is 46.4 Å². The Labute approximate surface area is 142 Å². The maximum absolute atomic E-state index is 5.65. The van der Waals surface area contributed by atoms with Crippen LogP contribution < -0.4 is 15.4 Å². The normalized spacial score (nSPS) is 16.0. The molecule has 1 fully saturated rings. The zero-order valence-electron chi connectivity index (χ0n) is 13.3. The molecule has 2 N–H and O–H groups in total. The van der Waals surface area contributed by atoms with Crippen molar-refractivity contribution in [2.24, 2.45) is 0 Å². The van der Waals surface area contributed by atoms with Gasteiger partial charge in [-0.15, -0.1) is 0 Å². The van der Waals surface area contributed by atoms with Gasteiger partial charge in [-0.05, 0) is 56.2 Å². The van der Waals surface area contributed by atoms with E-state index in [9.17, 15) is 0 Å². The fraction of sp³-hybridized carbons (Fsp3) is 0.389. The number of hydrogen-bond acceptors (Lipinski definition) is 3. The molecule has 2 aromatic rings. The lowest BCUT2D eigenvalue weighted by Gasteiger charge is -2.29. The van der Waals surface area contributed by atoms with Crippen LogP contribution in [0.2, 0.25) is 0 Å². The van der Waals surface area contributed by atoms with Crippen LogP contribution >= 0.6 is 12.2 Å². The van der Waals surface area contributed by atoms with Gasteiger partial charge in [0.1, 0.15) is 11.5 Å². The molecule has 1 aromatic carbocycles. The number of ether oxygens (including phenoxy) is 1. The highest BCUT2D eigenvalue weighted by atomic mass is 32.1. The molecule has 5 heteroatoms. The van der Waals surface area contributed by atoms with Gasteiger partial charge in [-0.2, -0.15) is 0 Å². The predicted molar refractivity (Wildman–Crippen MR) is 95.8 cm³/mol. The largest absolute Gasteiger partial charge is 0.494 e. The van der Waals surface area contributed by atoms with E-state index in [1.54, 1.807) is 6.26 Å². The summed E-state index contributed by atoms with van der Waals surface area (Å²) in [5.41, 5.74) is 0.728. The molecule has 0 saturated heterocycles. The standard InChI is InChI=1S/C18H22N2O2S/c1-2-21-15-8-5-7-14(13-15)19-17(23)20-18(10-3-4-11-18)16-9-6-12-22-16/h5-9,12-13H,2-4,10-11H2,1H3,(H2,19,20,23). The summed E-state index contributed by atoms with van der Waals surface area (Å²) in [5.74, 6) is 1.80. The molecule has 0 amide bonds. The van der Waals surface area contributed by atoms with Crippen molar-refractivity contribution in [1.82, 2.24) is 5.32 Å². The van der Waals surface area contributed by atoms with Gasteiger partial charge >= 0.3 is 0 Å². The third-order valence-corrected chi connectivity index (χ3v) is 4.41. The van der Waals surface area contributed by atoms with Crippen molar-refractivity contribution < 1.29 is 9.15 Å². The Morgan fingerprint density at radius 1 is 1.26 bits per heavy atom. The molecule has 0 radical (unpaired) electrons. The van der Waals surface area contributed by atoms with Gasteiger partial charge in [0.2, 0.25) is 0 Å². The highest BCUT2D eigenvalue weighted by Crippen LogP contribution is 2.39. The monoisotopic (exact) mass is 330 g/mol. The molecule has 4 nitrogen and oxygen atoms in total. The van der Waals surface area contributed by atoms with E-state index >= 15 is 0 Å². The first-order chi connectivity index (χ1) is 11.2. The van der Waals surface area contributed by atoms with E-state index in [-0.39, 0.29) is 5.54 Å². The predicted octanol–water partition coefficient (Wildman–Crippen LogP) is 4.43. The third kappa shape index (κ3) is 3.67. The molecular weight excluding hydrogens is 308 g/mol. The summed E-state index contributed by atoms with van der Waals surface area (Å²) in [6, 6.07) is 11.8. The Bertz CT molecular complexity index is 649. The van der Waals surface area contributed by atoms with E-state index in [0.29, 0.717) is 11.7 Å². The number of benzene rings is 1. The first-order valence-corrected chi connectivity index (χ1v) is 8.49. The third-order valence-electron chi connectivity index (χ3n) is 4.21. The second kappa shape index (κ2) is 7.04. The minimum Gasteiger partial charge on any atom is -0.494 e. The molecule has 23 heavy (non-hydrogen) atoms. The van der Waals surface area contributed by atoms with Gasteiger partial charge < -0.3 is 19.8 Å². The molecule has 0 aliphatic heterocycles. The van der Waals surface area contributed by atoms with Crippen molar-refractivity contribution in [3.8, 4) is 5.75 Å². The Balaban J connectivity index is 1.69. The number of furan rings is 1. The molecule has 1 aliphatic rings. The van der Waals surface area contributed by atoms with Gasteiger partial charge in [0.25, 0.3) is 0 Å². The molecule has 0 bridgehead atoms. The SMILES string of the molecule is CCOc1cccc(NC(=S)NC2(c3ccco3)CCCC2)c1. The van der Waals surface area contributed by atoms with Gasteiger partial charge in [-0.1, -0.05) is 18.9 Å².